The molecule has 0 radical (unpaired) electrons. The molecule has 1 heterocycles. The van der Waals surface area contributed by atoms with Crippen LogP contribution < -0.4 is 5.43 Å². The Morgan fingerprint density at radius 1 is 1.12 bits per heavy atom. The maximum Gasteiger partial charge on any atom is 0.271 e. The van der Waals surface area contributed by atoms with Crippen molar-refractivity contribution in [2.24, 2.45) is 5.10 Å². The standard InChI is InChI=1S/C18H12BrFN2O2/c19-14-3-1-2-13(10-14)17-9-8-16(24-17)11-21-22-18(23)12-4-6-15(20)7-5-12/h1-11H,(H,22,23)/b21-11-. The fourth-order valence-electron chi connectivity index (χ4n) is 2.04. The van der Waals surface area contributed by atoms with Gasteiger partial charge in [0, 0.05) is 15.6 Å². The number of halogens is 2. The van der Waals surface area contributed by atoms with Gasteiger partial charge in [0.1, 0.15) is 17.3 Å². The maximum atomic E-state index is 12.8. The van der Waals surface area contributed by atoms with E-state index in [1.165, 1.54) is 30.5 Å². The van der Waals surface area contributed by atoms with Crippen molar-refractivity contribution < 1.29 is 13.6 Å². The zero-order valence-corrected chi connectivity index (χ0v) is 14.0. The summed E-state index contributed by atoms with van der Waals surface area (Å²) in [5.41, 5.74) is 3.62. The van der Waals surface area contributed by atoms with Gasteiger partial charge in [-0.15, -0.1) is 0 Å². The summed E-state index contributed by atoms with van der Waals surface area (Å²) in [4.78, 5) is 11.8. The zero-order valence-electron chi connectivity index (χ0n) is 12.4. The van der Waals surface area contributed by atoms with Gasteiger partial charge in [-0.05, 0) is 48.5 Å². The van der Waals surface area contributed by atoms with Crippen LogP contribution in [0.2, 0.25) is 0 Å². The van der Waals surface area contributed by atoms with E-state index in [1.54, 1.807) is 6.07 Å². The lowest BCUT2D eigenvalue weighted by atomic mass is 10.2. The predicted molar refractivity (Wildman–Crippen MR) is 93.3 cm³/mol. The molecule has 0 saturated carbocycles. The summed E-state index contributed by atoms with van der Waals surface area (Å²) < 4.78 is 19.4. The second-order valence-electron chi connectivity index (χ2n) is 4.92. The van der Waals surface area contributed by atoms with Crippen LogP contribution in [0, 0.1) is 5.82 Å². The van der Waals surface area contributed by atoms with Crippen LogP contribution in [0.15, 0.2) is 74.7 Å². The van der Waals surface area contributed by atoms with Crippen molar-refractivity contribution in [1.82, 2.24) is 5.43 Å². The molecular weight excluding hydrogens is 375 g/mol. The molecule has 0 aliphatic heterocycles. The van der Waals surface area contributed by atoms with E-state index >= 15 is 0 Å². The third-order valence-electron chi connectivity index (χ3n) is 3.20. The van der Waals surface area contributed by atoms with Gasteiger partial charge in [0.25, 0.3) is 5.91 Å². The van der Waals surface area contributed by atoms with Gasteiger partial charge < -0.3 is 4.42 Å². The van der Waals surface area contributed by atoms with E-state index < -0.39 is 11.7 Å². The molecule has 4 nitrogen and oxygen atoms in total. The Labute approximate surface area is 146 Å². The molecule has 6 heteroatoms. The van der Waals surface area contributed by atoms with Gasteiger partial charge in [0.05, 0.1) is 6.21 Å². The topological polar surface area (TPSA) is 54.6 Å². The Bertz CT molecular complexity index is 888. The molecule has 0 unspecified atom stereocenters. The third-order valence-corrected chi connectivity index (χ3v) is 3.69. The molecule has 0 atom stereocenters. The third kappa shape index (κ3) is 3.97. The maximum absolute atomic E-state index is 12.8. The largest absolute Gasteiger partial charge is 0.455 e. The van der Waals surface area contributed by atoms with Gasteiger partial charge in [-0.25, -0.2) is 9.82 Å². The highest BCUT2D eigenvalue weighted by atomic mass is 79.9. The van der Waals surface area contributed by atoms with E-state index in [4.69, 9.17) is 4.42 Å². The number of hydrazone groups is 1. The Morgan fingerprint density at radius 2 is 1.92 bits per heavy atom. The number of nitrogens with zero attached hydrogens (tertiary/aromatic N) is 1. The normalized spacial score (nSPS) is 10.9. The van der Waals surface area contributed by atoms with E-state index in [2.05, 4.69) is 26.5 Å². The van der Waals surface area contributed by atoms with E-state index in [9.17, 15) is 9.18 Å². The summed E-state index contributed by atoms with van der Waals surface area (Å²) >= 11 is 3.41. The second-order valence-corrected chi connectivity index (χ2v) is 5.83. The highest BCUT2D eigenvalue weighted by molar-refractivity contribution is 9.10. The lowest BCUT2D eigenvalue weighted by Gasteiger charge is -1.99. The van der Waals surface area contributed by atoms with Crippen molar-refractivity contribution in [2.75, 3.05) is 0 Å². The lowest BCUT2D eigenvalue weighted by molar-refractivity contribution is 0.0955. The van der Waals surface area contributed by atoms with Crippen molar-refractivity contribution in [3.8, 4) is 11.3 Å². The average molecular weight is 387 g/mol. The van der Waals surface area contributed by atoms with Gasteiger partial charge in [0.15, 0.2) is 0 Å². The fourth-order valence-corrected chi connectivity index (χ4v) is 2.44. The molecule has 120 valence electrons. The molecule has 3 rings (SSSR count). The van der Waals surface area contributed by atoms with Crippen molar-refractivity contribution in [3.05, 3.63) is 82.3 Å². The zero-order chi connectivity index (χ0) is 16.9. The van der Waals surface area contributed by atoms with Gasteiger partial charge in [0.2, 0.25) is 0 Å². The van der Waals surface area contributed by atoms with Gasteiger partial charge >= 0.3 is 0 Å². The van der Waals surface area contributed by atoms with Crippen LogP contribution in [0.4, 0.5) is 4.39 Å². The van der Waals surface area contributed by atoms with Crippen LogP contribution in [0.3, 0.4) is 0 Å². The second kappa shape index (κ2) is 7.23. The Morgan fingerprint density at radius 3 is 2.67 bits per heavy atom. The summed E-state index contributed by atoms with van der Waals surface area (Å²) in [7, 11) is 0. The van der Waals surface area contributed by atoms with E-state index in [0.717, 1.165) is 10.0 Å². The van der Waals surface area contributed by atoms with E-state index in [1.807, 2.05) is 30.3 Å². The molecule has 0 fully saturated rings. The molecule has 0 spiro atoms. The highest BCUT2D eigenvalue weighted by Crippen LogP contribution is 2.24. The van der Waals surface area contributed by atoms with Gasteiger partial charge in [-0.2, -0.15) is 5.10 Å². The van der Waals surface area contributed by atoms with E-state index in [0.29, 0.717) is 17.1 Å². The molecule has 1 amide bonds. The molecular formula is C18H12BrFN2O2. The minimum Gasteiger partial charge on any atom is -0.455 e. The smallest absolute Gasteiger partial charge is 0.271 e. The van der Waals surface area contributed by atoms with Crippen molar-refractivity contribution in [3.63, 3.8) is 0 Å². The number of amides is 1. The highest BCUT2D eigenvalue weighted by Gasteiger charge is 2.05. The Hall–Kier alpha value is -2.73. The number of rotatable bonds is 4. The van der Waals surface area contributed by atoms with Crippen LogP contribution >= 0.6 is 15.9 Å². The first-order valence-electron chi connectivity index (χ1n) is 7.06. The summed E-state index contributed by atoms with van der Waals surface area (Å²) in [6.07, 6.45) is 1.41. The fraction of sp³-hybridized carbons (Fsp3) is 0. The molecule has 3 aromatic rings. The quantitative estimate of drug-likeness (QED) is 0.525. The van der Waals surface area contributed by atoms with Crippen LogP contribution in [-0.2, 0) is 0 Å². The van der Waals surface area contributed by atoms with Crippen molar-refractivity contribution in [1.29, 1.82) is 0 Å². The minimum atomic E-state index is -0.426. The molecule has 0 bridgehead atoms. The van der Waals surface area contributed by atoms with Crippen molar-refractivity contribution >= 4 is 28.1 Å². The number of carbonyl (C=O) groups is 1. The summed E-state index contributed by atoms with van der Waals surface area (Å²) in [5, 5.41) is 3.84. The number of benzene rings is 2. The molecule has 1 aromatic heterocycles. The van der Waals surface area contributed by atoms with Crippen LogP contribution in [0.1, 0.15) is 16.1 Å². The molecule has 24 heavy (non-hydrogen) atoms. The average Bonchev–Trinajstić information content (AvgIpc) is 3.04. The molecule has 2 aromatic carbocycles. The van der Waals surface area contributed by atoms with Crippen LogP contribution in [-0.4, -0.2) is 12.1 Å². The summed E-state index contributed by atoms with van der Waals surface area (Å²) in [6.45, 7) is 0. The van der Waals surface area contributed by atoms with Crippen LogP contribution in [0.25, 0.3) is 11.3 Å². The van der Waals surface area contributed by atoms with Crippen LogP contribution in [0.5, 0.6) is 0 Å². The number of hydrogen-bond donors (Lipinski definition) is 1. The monoisotopic (exact) mass is 386 g/mol. The van der Waals surface area contributed by atoms with E-state index in [-0.39, 0.29) is 0 Å². The first-order chi connectivity index (χ1) is 11.6. The van der Waals surface area contributed by atoms with Crippen molar-refractivity contribution in [2.45, 2.75) is 0 Å². The number of carbonyl (C=O) groups excluding carboxylic acids is 1. The number of nitrogens with one attached hydrogen (secondary N) is 1. The van der Waals surface area contributed by atoms with Gasteiger partial charge in [-0.1, -0.05) is 28.1 Å². The van der Waals surface area contributed by atoms with Gasteiger partial charge in [-0.3, -0.25) is 4.79 Å². The Balaban J connectivity index is 1.65. The molecule has 0 saturated heterocycles. The molecule has 0 aliphatic rings. The molecule has 0 aliphatic carbocycles. The first-order valence-corrected chi connectivity index (χ1v) is 7.86. The summed E-state index contributed by atoms with van der Waals surface area (Å²) in [6, 6.07) is 16.5. The molecule has 1 N–H and O–H groups in total. The minimum absolute atomic E-state index is 0.322. The SMILES string of the molecule is O=C(N/N=C\c1ccc(-c2cccc(Br)c2)o1)c1ccc(F)cc1. The predicted octanol–water partition coefficient (Wildman–Crippen LogP) is 4.61. The summed E-state index contributed by atoms with van der Waals surface area (Å²) in [5.74, 6) is 0.378. The Kier molecular flexibility index (Phi) is 4.86. The number of furan rings is 1. The first kappa shape index (κ1) is 16.1. The lowest BCUT2D eigenvalue weighted by Crippen LogP contribution is -2.17. The number of hydrogen-bond acceptors (Lipinski definition) is 3.